The molecule has 3 aliphatic heterocycles. The Morgan fingerprint density at radius 1 is 0.757 bits per heavy atom. The van der Waals surface area contributed by atoms with Crippen LogP contribution in [0.25, 0.3) is 10.8 Å². The van der Waals surface area contributed by atoms with Crippen LogP contribution in [-0.4, -0.2) is 52.3 Å². The summed E-state index contributed by atoms with van der Waals surface area (Å²) in [5.41, 5.74) is 2.44. The van der Waals surface area contributed by atoms with Gasteiger partial charge >= 0.3 is 6.03 Å². The van der Waals surface area contributed by atoms with E-state index in [1.165, 1.54) is 4.90 Å². The molecule has 2 bridgehead atoms. The Kier molecular flexibility index (Phi) is 4.89. The fourth-order valence-corrected chi connectivity index (χ4v) is 6.47. The van der Waals surface area contributed by atoms with Crippen molar-refractivity contribution in [3.63, 3.8) is 0 Å². The summed E-state index contributed by atoms with van der Waals surface area (Å²) >= 11 is 0. The summed E-state index contributed by atoms with van der Waals surface area (Å²) in [5, 5.41) is 1.84. The number of anilines is 1. The first-order chi connectivity index (χ1) is 18.1. The zero-order valence-corrected chi connectivity index (χ0v) is 20.1. The fraction of sp³-hybridized carbons (Fsp3) is 0.194. The number of hydrogen-bond donors (Lipinski definition) is 0. The Morgan fingerprint density at radius 3 is 2.08 bits per heavy atom. The van der Waals surface area contributed by atoms with Crippen molar-refractivity contribution in [2.75, 3.05) is 11.4 Å². The van der Waals surface area contributed by atoms with E-state index in [4.69, 9.17) is 0 Å². The molecule has 4 aromatic rings. The summed E-state index contributed by atoms with van der Waals surface area (Å²) < 4.78 is 0. The molecule has 3 atom stereocenters. The van der Waals surface area contributed by atoms with Crippen molar-refractivity contribution in [2.45, 2.75) is 30.5 Å². The van der Waals surface area contributed by atoms with E-state index >= 15 is 0 Å². The van der Waals surface area contributed by atoms with Crippen LogP contribution in [0, 0.1) is 0 Å². The lowest BCUT2D eigenvalue weighted by atomic mass is 9.89. The molecule has 0 N–H and O–H groups in total. The molecule has 2 unspecified atom stereocenters. The van der Waals surface area contributed by atoms with Gasteiger partial charge in [0.1, 0.15) is 6.04 Å². The van der Waals surface area contributed by atoms with E-state index in [0.29, 0.717) is 18.7 Å². The molecule has 0 radical (unpaired) electrons. The maximum Gasteiger partial charge on any atom is 0.332 e. The number of rotatable bonds is 4. The van der Waals surface area contributed by atoms with Crippen molar-refractivity contribution >= 4 is 34.3 Å². The van der Waals surface area contributed by atoms with Crippen LogP contribution in [0.2, 0.25) is 0 Å². The number of carbonyl (C=O) groups is 3. The van der Waals surface area contributed by atoms with Crippen molar-refractivity contribution in [3.05, 3.63) is 114 Å². The molecule has 0 aromatic heterocycles. The van der Waals surface area contributed by atoms with Crippen LogP contribution in [0.3, 0.4) is 0 Å². The van der Waals surface area contributed by atoms with E-state index in [2.05, 4.69) is 0 Å². The number of amides is 4. The molecular formula is C31H25N3O3. The van der Waals surface area contributed by atoms with Gasteiger partial charge in [0, 0.05) is 11.9 Å². The molecule has 0 saturated carbocycles. The van der Waals surface area contributed by atoms with Gasteiger partial charge in [-0.2, -0.15) is 0 Å². The first-order valence-electron chi connectivity index (χ1n) is 12.7. The summed E-state index contributed by atoms with van der Waals surface area (Å²) in [6.45, 7) is 0.443. The highest BCUT2D eigenvalue weighted by Gasteiger charge is 2.63. The minimum absolute atomic E-state index is 0.0200. The highest BCUT2D eigenvalue weighted by molar-refractivity contribution is 6.25. The van der Waals surface area contributed by atoms with Gasteiger partial charge in [0.2, 0.25) is 5.91 Å². The third-order valence-corrected chi connectivity index (χ3v) is 8.07. The quantitative estimate of drug-likeness (QED) is 0.389. The van der Waals surface area contributed by atoms with Crippen molar-refractivity contribution in [2.24, 2.45) is 0 Å². The third kappa shape index (κ3) is 3.22. The van der Waals surface area contributed by atoms with Crippen molar-refractivity contribution in [3.8, 4) is 0 Å². The van der Waals surface area contributed by atoms with Crippen molar-refractivity contribution < 1.29 is 14.4 Å². The predicted octanol–water partition coefficient (Wildman–Crippen LogP) is 4.79. The molecule has 6 heteroatoms. The Morgan fingerprint density at radius 2 is 1.38 bits per heavy atom. The number of hydrogen-bond acceptors (Lipinski definition) is 3. The molecule has 182 valence electrons. The van der Waals surface area contributed by atoms with E-state index in [9.17, 15) is 14.4 Å². The second kappa shape index (κ2) is 8.30. The van der Waals surface area contributed by atoms with Gasteiger partial charge in [-0.3, -0.25) is 9.59 Å². The Balaban J connectivity index is 1.24. The number of benzene rings is 4. The van der Waals surface area contributed by atoms with Gasteiger partial charge in [-0.25, -0.2) is 9.69 Å². The molecule has 6 nitrogen and oxygen atoms in total. The normalized spacial score (nSPS) is 22.4. The van der Waals surface area contributed by atoms with Crippen LogP contribution >= 0.6 is 0 Å². The van der Waals surface area contributed by atoms with Crippen LogP contribution in [0.5, 0.6) is 0 Å². The van der Waals surface area contributed by atoms with Gasteiger partial charge in [-0.05, 0) is 29.0 Å². The average Bonchev–Trinajstić information content (AvgIpc) is 3.61. The number of likely N-dealkylation sites (tertiary alicyclic amines) is 1. The maximum absolute atomic E-state index is 14.1. The lowest BCUT2D eigenvalue weighted by Gasteiger charge is -2.37. The van der Waals surface area contributed by atoms with Crippen LogP contribution in [-0.2, 0) is 9.59 Å². The van der Waals surface area contributed by atoms with E-state index in [-0.39, 0.29) is 29.9 Å². The van der Waals surface area contributed by atoms with E-state index < -0.39 is 12.0 Å². The van der Waals surface area contributed by atoms with Crippen LogP contribution in [0.1, 0.15) is 23.5 Å². The summed E-state index contributed by atoms with van der Waals surface area (Å²) in [4.78, 5) is 46.5. The largest absolute Gasteiger partial charge is 0.334 e. The smallest absolute Gasteiger partial charge is 0.332 e. The van der Waals surface area contributed by atoms with Gasteiger partial charge in [-0.15, -0.1) is 0 Å². The van der Waals surface area contributed by atoms with Crippen LogP contribution in [0.4, 0.5) is 10.5 Å². The lowest BCUT2D eigenvalue weighted by molar-refractivity contribution is -0.136. The standard InChI is InChI=1S/C31H25N3O3/c35-29(27(21-11-3-1-4-12-21)22-13-5-2-6-14-22)32-19-23-18-26(32)28-30(36)34(31(37)33(23)28)25-17-9-15-20-10-7-8-16-24(20)25/h1-17,23,26-28H,18-19H2/t23-,26?,28?/m1/s1. The molecule has 4 amide bonds. The minimum Gasteiger partial charge on any atom is -0.334 e. The zero-order chi connectivity index (χ0) is 25.1. The van der Waals surface area contributed by atoms with Gasteiger partial charge in [0.25, 0.3) is 5.91 Å². The SMILES string of the molecule is O=C1C2C3C[C@H](CN3C(=O)C(c3ccccc3)c3ccccc3)N2C(=O)N1c1cccc2ccccc12. The van der Waals surface area contributed by atoms with Crippen molar-refractivity contribution in [1.82, 2.24) is 9.80 Å². The predicted molar refractivity (Wildman–Crippen MR) is 141 cm³/mol. The molecule has 3 aliphatic rings. The molecule has 3 saturated heterocycles. The summed E-state index contributed by atoms with van der Waals surface area (Å²) in [6, 6.07) is 31.6. The number of fused-ring (bicyclic) bond motifs is 6. The average molecular weight is 488 g/mol. The molecule has 0 spiro atoms. The zero-order valence-electron chi connectivity index (χ0n) is 20.1. The highest BCUT2D eigenvalue weighted by Crippen LogP contribution is 2.44. The maximum atomic E-state index is 14.1. The monoisotopic (exact) mass is 487 g/mol. The van der Waals surface area contributed by atoms with Gasteiger partial charge < -0.3 is 9.80 Å². The van der Waals surface area contributed by atoms with Crippen molar-refractivity contribution in [1.29, 1.82) is 0 Å². The summed E-state index contributed by atoms with van der Waals surface area (Å²) in [5.74, 6) is -0.729. The molecule has 37 heavy (non-hydrogen) atoms. The summed E-state index contributed by atoms with van der Waals surface area (Å²) in [6.07, 6.45) is 0.633. The summed E-state index contributed by atoms with van der Waals surface area (Å²) in [7, 11) is 0. The Labute approximate surface area is 214 Å². The highest BCUT2D eigenvalue weighted by atomic mass is 16.2. The molecular weight excluding hydrogens is 462 g/mol. The fourth-order valence-electron chi connectivity index (χ4n) is 6.47. The molecule has 3 heterocycles. The number of imide groups is 1. The second-order valence-corrected chi connectivity index (χ2v) is 10.0. The van der Waals surface area contributed by atoms with E-state index in [0.717, 1.165) is 21.9 Å². The van der Waals surface area contributed by atoms with Crippen LogP contribution < -0.4 is 4.90 Å². The van der Waals surface area contributed by atoms with Gasteiger partial charge in [0.05, 0.1) is 23.7 Å². The topological polar surface area (TPSA) is 60.9 Å². The number of nitrogens with zero attached hydrogens (tertiary/aromatic N) is 3. The molecule has 7 rings (SSSR count). The lowest BCUT2D eigenvalue weighted by Crippen LogP contribution is -2.55. The molecule has 4 aromatic carbocycles. The first-order valence-corrected chi connectivity index (χ1v) is 12.7. The minimum atomic E-state index is -0.652. The first kappa shape index (κ1) is 21.8. The number of urea groups is 1. The third-order valence-electron chi connectivity index (χ3n) is 8.07. The molecule has 3 fully saturated rings. The second-order valence-electron chi connectivity index (χ2n) is 10.0. The van der Waals surface area contributed by atoms with Crippen LogP contribution in [0.15, 0.2) is 103 Å². The number of carbonyl (C=O) groups excluding carboxylic acids is 3. The van der Waals surface area contributed by atoms with Gasteiger partial charge in [0.15, 0.2) is 0 Å². The Bertz CT molecular complexity index is 1490. The van der Waals surface area contributed by atoms with Gasteiger partial charge in [-0.1, -0.05) is 97.1 Å². The van der Waals surface area contributed by atoms with E-state index in [1.807, 2.05) is 108 Å². The molecule has 0 aliphatic carbocycles. The van der Waals surface area contributed by atoms with E-state index in [1.54, 1.807) is 4.90 Å². The Hall–Kier alpha value is -4.45. The number of piperazine rings is 1.